The van der Waals surface area contributed by atoms with Crippen LogP contribution in [0.5, 0.6) is 5.75 Å². The van der Waals surface area contributed by atoms with Crippen molar-refractivity contribution in [1.82, 2.24) is 10.3 Å². The second kappa shape index (κ2) is 9.50. The van der Waals surface area contributed by atoms with Gasteiger partial charge in [-0.1, -0.05) is 53.7 Å². The van der Waals surface area contributed by atoms with Crippen molar-refractivity contribution in [3.8, 4) is 5.75 Å². The van der Waals surface area contributed by atoms with Gasteiger partial charge in [0, 0.05) is 32.9 Å². The predicted molar refractivity (Wildman–Crippen MR) is 127 cm³/mol. The summed E-state index contributed by atoms with van der Waals surface area (Å²) in [6.45, 7) is 4.95. The lowest BCUT2D eigenvalue weighted by molar-refractivity contribution is 0.0943. The number of benzene rings is 3. The van der Waals surface area contributed by atoms with E-state index in [1.165, 1.54) is 0 Å². The number of fused-ring (bicyclic) bond motifs is 1. The molecular weight excluding hydrogens is 428 g/mol. The molecule has 0 aliphatic carbocycles. The zero-order valence-corrected chi connectivity index (χ0v) is 18.9. The van der Waals surface area contributed by atoms with Gasteiger partial charge in [0.15, 0.2) is 0 Å². The van der Waals surface area contributed by atoms with Crippen molar-refractivity contribution in [3.05, 3.63) is 88.6 Å². The molecule has 158 valence electrons. The maximum atomic E-state index is 13.2. The van der Waals surface area contributed by atoms with Gasteiger partial charge < -0.3 is 15.0 Å². The zero-order chi connectivity index (χ0) is 21.8. The van der Waals surface area contributed by atoms with Crippen LogP contribution < -0.4 is 10.1 Å². The van der Waals surface area contributed by atoms with Gasteiger partial charge >= 0.3 is 0 Å². The molecule has 3 aromatic carbocycles. The number of aryl methyl sites for hydroxylation is 1. The Hall–Kier alpha value is -2.89. The first-order valence-electron chi connectivity index (χ1n) is 10.1. The van der Waals surface area contributed by atoms with Crippen molar-refractivity contribution in [1.29, 1.82) is 0 Å². The summed E-state index contributed by atoms with van der Waals surface area (Å²) in [6.07, 6.45) is 0. The molecule has 0 spiro atoms. The minimum absolute atomic E-state index is 0.156. The number of carbonyl (C=O) groups excluding carboxylic acids is 1. The molecule has 0 unspecified atom stereocenters. The number of para-hydroxylation sites is 1. The van der Waals surface area contributed by atoms with Gasteiger partial charge in [-0.05, 0) is 55.8 Å². The Balaban J connectivity index is 1.64. The molecule has 1 aromatic heterocycles. The van der Waals surface area contributed by atoms with Crippen molar-refractivity contribution < 1.29 is 9.53 Å². The molecule has 1 amide bonds. The number of carbonyl (C=O) groups is 1. The molecule has 0 fully saturated rings. The summed E-state index contributed by atoms with van der Waals surface area (Å²) in [6, 6.07) is 21.5. The fourth-order valence-corrected chi connectivity index (χ4v) is 4.55. The molecule has 0 aliphatic rings. The normalized spacial score (nSPS) is 10.9. The number of amides is 1. The molecule has 0 atom stereocenters. The number of aromatic amines is 1. The monoisotopic (exact) mass is 450 g/mol. The smallest absolute Gasteiger partial charge is 0.269 e. The number of ether oxygens (including phenoxy) is 1. The highest BCUT2D eigenvalue weighted by molar-refractivity contribution is 7.99. The van der Waals surface area contributed by atoms with Gasteiger partial charge in [-0.25, -0.2) is 0 Å². The molecule has 31 heavy (non-hydrogen) atoms. The summed E-state index contributed by atoms with van der Waals surface area (Å²) in [5, 5.41) is 4.74. The Kier molecular flexibility index (Phi) is 6.54. The lowest BCUT2D eigenvalue weighted by Gasteiger charge is -2.11. The van der Waals surface area contributed by atoms with Gasteiger partial charge in [0.1, 0.15) is 11.4 Å². The minimum atomic E-state index is -0.156. The predicted octanol–water partition coefficient (Wildman–Crippen LogP) is 6.61. The molecular formula is C25H23ClN2O2S. The Morgan fingerprint density at radius 2 is 1.87 bits per heavy atom. The summed E-state index contributed by atoms with van der Waals surface area (Å²) in [5.41, 5.74) is 3.57. The van der Waals surface area contributed by atoms with Crippen LogP contribution in [0, 0.1) is 6.92 Å². The molecule has 0 saturated carbocycles. The number of H-pyrrole nitrogens is 1. The number of halogens is 1. The third-order valence-corrected chi connectivity index (χ3v) is 6.27. The SMILES string of the molecule is CCOc1ccccc1CNC(=O)c1[nH]c2cc(C)ccc2c1Sc1ccc(Cl)cc1. The maximum Gasteiger partial charge on any atom is 0.269 e. The van der Waals surface area contributed by atoms with Crippen LogP contribution in [-0.2, 0) is 6.54 Å². The van der Waals surface area contributed by atoms with Gasteiger partial charge in [0.2, 0.25) is 0 Å². The van der Waals surface area contributed by atoms with Crippen LogP contribution in [0.15, 0.2) is 76.5 Å². The highest BCUT2D eigenvalue weighted by Gasteiger charge is 2.19. The fraction of sp³-hybridized carbons (Fsp3) is 0.160. The van der Waals surface area contributed by atoms with Crippen molar-refractivity contribution in [2.24, 2.45) is 0 Å². The highest BCUT2D eigenvalue weighted by Crippen LogP contribution is 2.37. The van der Waals surface area contributed by atoms with E-state index in [2.05, 4.69) is 28.5 Å². The third kappa shape index (κ3) is 4.89. The Labute approximate surface area is 191 Å². The first-order valence-corrected chi connectivity index (χ1v) is 11.3. The molecule has 0 saturated heterocycles. The number of hydrogen-bond acceptors (Lipinski definition) is 3. The topological polar surface area (TPSA) is 54.1 Å². The Bertz CT molecular complexity index is 1220. The number of aromatic nitrogens is 1. The van der Waals surface area contributed by atoms with Crippen LogP contribution in [-0.4, -0.2) is 17.5 Å². The van der Waals surface area contributed by atoms with Gasteiger partial charge in [-0.3, -0.25) is 4.79 Å². The van der Waals surface area contributed by atoms with Gasteiger partial charge in [0.25, 0.3) is 5.91 Å². The van der Waals surface area contributed by atoms with Crippen LogP contribution in [0.1, 0.15) is 28.5 Å². The average Bonchev–Trinajstić information content (AvgIpc) is 3.12. The van der Waals surface area contributed by atoms with Crippen molar-refractivity contribution in [3.63, 3.8) is 0 Å². The van der Waals surface area contributed by atoms with Crippen LogP contribution in [0.25, 0.3) is 10.9 Å². The van der Waals surface area contributed by atoms with Crippen LogP contribution in [0.2, 0.25) is 5.02 Å². The van der Waals surface area contributed by atoms with E-state index in [9.17, 15) is 4.79 Å². The quantitative estimate of drug-likeness (QED) is 0.333. The van der Waals surface area contributed by atoms with E-state index in [4.69, 9.17) is 16.3 Å². The molecule has 6 heteroatoms. The van der Waals surface area contributed by atoms with Gasteiger partial charge in [-0.15, -0.1) is 0 Å². The van der Waals surface area contributed by atoms with Crippen LogP contribution in [0.4, 0.5) is 0 Å². The molecule has 0 aliphatic heterocycles. The third-order valence-electron chi connectivity index (χ3n) is 4.88. The van der Waals surface area contributed by atoms with E-state index in [1.807, 2.05) is 62.4 Å². The first-order chi connectivity index (χ1) is 15.0. The summed E-state index contributed by atoms with van der Waals surface area (Å²) in [4.78, 5) is 18.4. The number of rotatable bonds is 7. The molecule has 4 nitrogen and oxygen atoms in total. The van der Waals surface area contributed by atoms with E-state index in [1.54, 1.807) is 11.8 Å². The van der Waals surface area contributed by atoms with E-state index >= 15 is 0 Å². The van der Waals surface area contributed by atoms with Crippen molar-refractivity contribution >= 4 is 40.2 Å². The van der Waals surface area contributed by atoms with Gasteiger partial charge in [-0.2, -0.15) is 0 Å². The van der Waals surface area contributed by atoms with Crippen LogP contribution >= 0.6 is 23.4 Å². The molecule has 0 bridgehead atoms. The molecule has 4 rings (SSSR count). The molecule has 1 heterocycles. The van der Waals surface area contributed by atoms with Crippen molar-refractivity contribution in [2.45, 2.75) is 30.2 Å². The first kappa shape index (κ1) is 21.3. The Morgan fingerprint density at radius 1 is 1.10 bits per heavy atom. The van der Waals surface area contributed by atoms with E-state index in [0.717, 1.165) is 37.6 Å². The standard InChI is InChI=1S/C25H23ClN2O2S/c1-3-30-22-7-5-4-6-17(22)15-27-25(29)23-24(31-19-11-9-18(26)10-12-19)20-13-8-16(2)14-21(20)28-23/h4-14,28H,3,15H2,1-2H3,(H,27,29). The summed E-state index contributed by atoms with van der Waals surface area (Å²) in [7, 11) is 0. The van der Waals surface area contributed by atoms with E-state index < -0.39 is 0 Å². The zero-order valence-electron chi connectivity index (χ0n) is 17.4. The lowest BCUT2D eigenvalue weighted by atomic mass is 10.2. The summed E-state index contributed by atoms with van der Waals surface area (Å²) >= 11 is 7.58. The molecule has 0 radical (unpaired) electrons. The lowest BCUT2D eigenvalue weighted by Crippen LogP contribution is -2.24. The second-order valence-electron chi connectivity index (χ2n) is 7.16. The van der Waals surface area contributed by atoms with E-state index in [-0.39, 0.29) is 5.91 Å². The van der Waals surface area contributed by atoms with Crippen LogP contribution in [0.3, 0.4) is 0 Å². The molecule has 4 aromatic rings. The Morgan fingerprint density at radius 3 is 2.65 bits per heavy atom. The largest absolute Gasteiger partial charge is 0.494 e. The van der Waals surface area contributed by atoms with E-state index in [0.29, 0.717) is 23.9 Å². The summed E-state index contributed by atoms with van der Waals surface area (Å²) < 4.78 is 5.67. The summed E-state index contributed by atoms with van der Waals surface area (Å²) in [5.74, 6) is 0.630. The molecule has 2 N–H and O–H groups in total. The fourth-order valence-electron chi connectivity index (χ4n) is 3.38. The number of hydrogen-bond donors (Lipinski definition) is 2. The highest BCUT2D eigenvalue weighted by atomic mass is 35.5. The average molecular weight is 451 g/mol. The second-order valence-corrected chi connectivity index (χ2v) is 8.68. The maximum absolute atomic E-state index is 13.2. The van der Waals surface area contributed by atoms with Gasteiger partial charge in [0.05, 0.1) is 11.5 Å². The van der Waals surface area contributed by atoms with Crippen molar-refractivity contribution in [2.75, 3.05) is 6.61 Å². The minimum Gasteiger partial charge on any atom is -0.494 e. The number of nitrogens with one attached hydrogen (secondary N) is 2.